The second-order valence-corrected chi connectivity index (χ2v) is 6.78. The van der Waals surface area contributed by atoms with Crippen molar-refractivity contribution in [2.75, 3.05) is 13.2 Å². The number of rotatable bonds is 6. The lowest BCUT2D eigenvalue weighted by atomic mass is 10.2. The summed E-state index contributed by atoms with van der Waals surface area (Å²) in [7, 11) is 0. The predicted octanol–water partition coefficient (Wildman–Crippen LogP) is 3.76. The molecule has 0 rings (SSSR count). The molecule has 0 aliphatic heterocycles. The first-order chi connectivity index (χ1) is 7.41. The van der Waals surface area contributed by atoms with Gasteiger partial charge < -0.3 is 14.2 Å². The molecular formula is C14H30O3. The highest BCUT2D eigenvalue weighted by atomic mass is 16.7. The highest BCUT2D eigenvalue weighted by Crippen LogP contribution is 2.21. The summed E-state index contributed by atoms with van der Waals surface area (Å²) in [4.78, 5) is 0. The molecular weight excluding hydrogens is 216 g/mol. The van der Waals surface area contributed by atoms with E-state index < -0.39 is 5.79 Å². The fourth-order valence-corrected chi connectivity index (χ4v) is 1.52. The van der Waals surface area contributed by atoms with E-state index in [-0.39, 0.29) is 11.2 Å². The van der Waals surface area contributed by atoms with Gasteiger partial charge in [-0.15, -0.1) is 0 Å². The standard InChI is InChI=1S/C14H30O3/c1-12(2,3)15-10-9-11-16-14(7,8)17-13(4,5)6/h9-11H2,1-8H3. The minimum Gasteiger partial charge on any atom is -0.376 e. The lowest BCUT2D eigenvalue weighted by Crippen LogP contribution is -2.37. The minimum atomic E-state index is -0.542. The Bertz CT molecular complexity index is 208. The maximum atomic E-state index is 5.81. The SMILES string of the molecule is CC(C)(C)OCCCOC(C)(C)OC(C)(C)C. The molecule has 3 heteroatoms. The van der Waals surface area contributed by atoms with Crippen molar-refractivity contribution in [1.82, 2.24) is 0 Å². The van der Waals surface area contributed by atoms with Crippen LogP contribution in [-0.2, 0) is 14.2 Å². The fraction of sp³-hybridized carbons (Fsp3) is 1.00. The molecule has 0 unspecified atom stereocenters. The number of ether oxygens (including phenoxy) is 3. The molecule has 0 saturated carbocycles. The zero-order chi connectivity index (χ0) is 13.7. The van der Waals surface area contributed by atoms with Crippen molar-refractivity contribution in [2.45, 2.75) is 78.8 Å². The van der Waals surface area contributed by atoms with Gasteiger partial charge in [-0.25, -0.2) is 0 Å². The third-order valence-corrected chi connectivity index (χ3v) is 1.83. The number of hydrogen-bond acceptors (Lipinski definition) is 3. The topological polar surface area (TPSA) is 27.7 Å². The van der Waals surface area contributed by atoms with Crippen LogP contribution in [0.3, 0.4) is 0 Å². The van der Waals surface area contributed by atoms with Gasteiger partial charge in [0.25, 0.3) is 0 Å². The average Bonchev–Trinajstić information content (AvgIpc) is 1.95. The summed E-state index contributed by atoms with van der Waals surface area (Å²) >= 11 is 0. The van der Waals surface area contributed by atoms with E-state index in [1.165, 1.54) is 0 Å². The van der Waals surface area contributed by atoms with Crippen LogP contribution in [-0.4, -0.2) is 30.2 Å². The molecule has 0 spiro atoms. The van der Waals surface area contributed by atoms with Gasteiger partial charge in [-0.1, -0.05) is 0 Å². The van der Waals surface area contributed by atoms with Crippen LogP contribution < -0.4 is 0 Å². The van der Waals surface area contributed by atoms with Crippen molar-refractivity contribution in [1.29, 1.82) is 0 Å². The average molecular weight is 246 g/mol. The van der Waals surface area contributed by atoms with Crippen LogP contribution in [0.2, 0.25) is 0 Å². The van der Waals surface area contributed by atoms with Crippen molar-refractivity contribution in [3.8, 4) is 0 Å². The Balaban J connectivity index is 3.74. The first-order valence-electron chi connectivity index (χ1n) is 6.39. The van der Waals surface area contributed by atoms with Gasteiger partial charge >= 0.3 is 0 Å². The van der Waals surface area contributed by atoms with Crippen molar-refractivity contribution in [3.05, 3.63) is 0 Å². The Morgan fingerprint density at radius 3 is 1.53 bits per heavy atom. The van der Waals surface area contributed by atoms with Crippen LogP contribution in [0, 0.1) is 0 Å². The Labute approximate surface area is 107 Å². The van der Waals surface area contributed by atoms with Gasteiger partial charge in [0.15, 0.2) is 5.79 Å². The lowest BCUT2D eigenvalue weighted by molar-refractivity contribution is -0.258. The van der Waals surface area contributed by atoms with Gasteiger partial charge in [0, 0.05) is 6.61 Å². The maximum Gasteiger partial charge on any atom is 0.163 e. The predicted molar refractivity (Wildman–Crippen MR) is 71.2 cm³/mol. The summed E-state index contributed by atoms with van der Waals surface area (Å²) < 4.78 is 17.2. The lowest BCUT2D eigenvalue weighted by Gasteiger charge is -2.33. The molecule has 0 aliphatic rings. The van der Waals surface area contributed by atoms with E-state index in [1.807, 2.05) is 34.6 Å². The van der Waals surface area contributed by atoms with E-state index in [9.17, 15) is 0 Å². The van der Waals surface area contributed by atoms with Crippen LogP contribution in [0.15, 0.2) is 0 Å². The molecule has 0 aromatic carbocycles. The Hall–Kier alpha value is -0.120. The summed E-state index contributed by atoms with van der Waals surface area (Å²) in [5.41, 5.74) is -0.261. The van der Waals surface area contributed by atoms with Crippen LogP contribution in [0.4, 0.5) is 0 Å². The molecule has 0 saturated heterocycles. The quantitative estimate of drug-likeness (QED) is 0.527. The maximum absolute atomic E-state index is 5.81. The largest absolute Gasteiger partial charge is 0.376 e. The van der Waals surface area contributed by atoms with Crippen molar-refractivity contribution < 1.29 is 14.2 Å². The van der Waals surface area contributed by atoms with Gasteiger partial charge in [-0.3, -0.25) is 0 Å². The third kappa shape index (κ3) is 12.1. The molecule has 0 radical (unpaired) electrons. The van der Waals surface area contributed by atoms with E-state index in [0.717, 1.165) is 13.0 Å². The van der Waals surface area contributed by atoms with Crippen molar-refractivity contribution in [2.24, 2.45) is 0 Å². The molecule has 0 heterocycles. The molecule has 17 heavy (non-hydrogen) atoms. The molecule has 0 fully saturated rings. The molecule has 0 bridgehead atoms. The Kier molecular flexibility index (Phi) is 6.12. The first kappa shape index (κ1) is 16.9. The fourth-order valence-electron chi connectivity index (χ4n) is 1.52. The van der Waals surface area contributed by atoms with Crippen LogP contribution in [0.5, 0.6) is 0 Å². The van der Waals surface area contributed by atoms with Crippen LogP contribution in [0.25, 0.3) is 0 Å². The highest BCUT2D eigenvalue weighted by molar-refractivity contribution is 4.66. The first-order valence-corrected chi connectivity index (χ1v) is 6.39. The Morgan fingerprint density at radius 1 is 0.647 bits per heavy atom. The molecule has 104 valence electrons. The van der Waals surface area contributed by atoms with E-state index in [4.69, 9.17) is 14.2 Å². The molecule has 0 amide bonds. The normalized spacial score (nSPS) is 14.1. The van der Waals surface area contributed by atoms with Gasteiger partial charge in [-0.05, 0) is 61.8 Å². The summed E-state index contributed by atoms with van der Waals surface area (Å²) in [5, 5.41) is 0. The second kappa shape index (κ2) is 6.17. The van der Waals surface area contributed by atoms with Gasteiger partial charge in [0.2, 0.25) is 0 Å². The second-order valence-electron chi connectivity index (χ2n) is 6.78. The van der Waals surface area contributed by atoms with Gasteiger partial charge in [0.05, 0.1) is 17.8 Å². The van der Waals surface area contributed by atoms with E-state index in [1.54, 1.807) is 0 Å². The van der Waals surface area contributed by atoms with Gasteiger partial charge in [0.1, 0.15) is 0 Å². The molecule has 0 atom stereocenters. The van der Waals surface area contributed by atoms with E-state index in [0.29, 0.717) is 6.61 Å². The molecule has 0 aliphatic carbocycles. The van der Waals surface area contributed by atoms with E-state index >= 15 is 0 Å². The third-order valence-electron chi connectivity index (χ3n) is 1.83. The van der Waals surface area contributed by atoms with Gasteiger partial charge in [-0.2, -0.15) is 0 Å². The molecule has 3 nitrogen and oxygen atoms in total. The monoisotopic (exact) mass is 246 g/mol. The molecule has 0 N–H and O–H groups in total. The zero-order valence-corrected chi connectivity index (χ0v) is 12.8. The summed E-state index contributed by atoms with van der Waals surface area (Å²) in [6.07, 6.45) is 0.883. The smallest absolute Gasteiger partial charge is 0.163 e. The van der Waals surface area contributed by atoms with Crippen LogP contribution >= 0.6 is 0 Å². The summed E-state index contributed by atoms with van der Waals surface area (Å²) in [6, 6.07) is 0. The summed E-state index contributed by atoms with van der Waals surface area (Å²) in [5.74, 6) is -0.542. The minimum absolute atomic E-state index is 0.0720. The number of hydrogen-bond donors (Lipinski definition) is 0. The zero-order valence-electron chi connectivity index (χ0n) is 12.8. The van der Waals surface area contributed by atoms with E-state index in [2.05, 4.69) is 20.8 Å². The Morgan fingerprint density at radius 2 is 1.12 bits per heavy atom. The summed E-state index contributed by atoms with van der Waals surface area (Å²) in [6.45, 7) is 17.5. The molecule has 0 aromatic rings. The molecule has 0 aromatic heterocycles. The van der Waals surface area contributed by atoms with Crippen molar-refractivity contribution >= 4 is 0 Å². The van der Waals surface area contributed by atoms with Crippen LogP contribution in [0.1, 0.15) is 61.8 Å². The van der Waals surface area contributed by atoms with Crippen molar-refractivity contribution in [3.63, 3.8) is 0 Å². The highest BCUT2D eigenvalue weighted by Gasteiger charge is 2.26.